The highest BCUT2D eigenvalue weighted by atomic mass is 16.5. The molecule has 0 atom stereocenters. The summed E-state index contributed by atoms with van der Waals surface area (Å²) in [5.74, 6) is -0.610. The number of carbonyl (C=O) groups excluding carboxylic acids is 2. The van der Waals surface area contributed by atoms with Crippen LogP contribution in [0.4, 0.5) is 0 Å². The first kappa shape index (κ1) is 17.1. The van der Waals surface area contributed by atoms with Gasteiger partial charge in [-0.25, -0.2) is 5.48 Å². The van der Waals surface area contributed by atoms with Crippen LogP contribution in [0.5, 0.6) is 5.75 Å². The van der Waals surface area contributed by atoms with Crippen LogP contribution >= 0.6 is 0 Å². The van der Waals surface area contributed by atoms with Gasteiger partial charge >= 0.3 is 0 Å². The quantitative estimate of drug-likeness (QED) is 0.478. The summed E-state index contributed by atoms with van der Waals surface area (Å²) in [6.45, 7) is 0.955. The number of phenols is 1. The van der Waals surface area contributed by atoms with Crippen LogP contribution in [0.1, 0.15) is 38.5 Å². The van der Waals surface area contributed by atoms with Crippen molar-refractivity contribution in [3.63, 3.8) is 0 Å². The molecule has 7 nitrogen and oxygen atoms in total. The Morgan fingerprint density at radius 3 is 2.74 bits per heavy atom. The number of nitrogens with one attached hydrogen (secondary N) is 1. The third-order valence-corrected chi connectivity index (χ3v) is 4.83. The van der Waals surface area contributed by atoms with Gasteiger partial charge in [-0.05, 0) is 48.2 Å². The first-order chi connectivity index (χ1) is 13.1. The minimum Gasteiger partial charge on any atom is -0.504 e. The van der Waals surface area contributed by atoms with Crippen LogP contribution in [0.15, 0.2) is 46.9 Å². The average molecular weight is 366 g/mol. The van der Waals surface area contributed by atoms with E-state index in [0.717, 1.165) is 24.0 Å². The van der Waals surface area contributed by atoms with Crippen molar-refractivity contribution in [3.8, 4) is 5.75 Å². The van der Waals surface area contributed by atoms with Gasteiger partial charge in [-0.3, -0.25) is 14.8 Å². The van der Waals surface area contributed by atoms with Crippen molar-refractivity contribution < 1.29 is 24.3 Å². The Balaban J connectivity index is 1.61. The minimum atomic E-state index is -0.558. The van der Waals surface area contributed by atoms with Crippen molar-refractivity contribution in [2.24, 2.45) is 0 Å². The van der Waals surface area contributed by atoms with Gasteiger partial charge in [0.2, 0.25) is 0 Å². The maximum atomic E-state index is 12.9. The Morgan fingerprint density at radius 2 is 1.96 bits per heavy atom. The Bertz CT molecular complexity index is 1040. The molecule has 0 bridgehead atoms. The number of benzene rings is 2. The van der Waals surface area contributed by atoms with Gasteiger partial charge in [0.05, 0.1) is 0 Å². The molecule has 27 heavy (non-hydrogen) atoms. The van der Waals surface area contributed by atoms with E-state index in [-0.39, 0.29) is 17.4 Å². The second-order valence-corrected chi connectivity index (χ2v) is 6.56. The van der Waals surface area contributed by atoms with Gasteiger partial charge in [-0.2, -0.15) is 0 Å². The Morgan fingerprint density at radius 1 is 1.11 bits per heavy atom. The maximum Gasteiger partial charge on any atom is 0.289 e. The molecule has 1 aliphatic heterocycles. The molecule has 1 aliphatic rings. The smallest absolute Gasteiger partial charge is 0.289 e. The summed E-state index contributed by atoms with van der Waals surface area (Å²) in [6.07, 6.45) is 1.47. The van der Waals surface area contributed by atoms with Gasteiger partial charge in [0.25, 0.3) is 11.8 Å². The molecular formula is C20H18N2O5. The summed E-state index contributed by atoms with van der Waals surface area (Å²) in [4.78, 5) is 26.2. The van der Waals surface area contributed by atoms with E-state index in [1.54, 1.807) is 46.8 Å². The number of aromatic hydroxyl groups is 1. The molecule has 0 fully saturated rings. The first-order valence-corrected chi connectivity index (χ1v) is 8.64. The molecule has 3 aromatic rings. The Kier molecular flexibility index (Phi) is 4.29. The second-order valence-electron chi connectivity index (χ2n) is 6.56. The number of fused-ring (bicyclic) bond motifs is 2. The van der Waals surface area contributed by atoms with Crippen molar-refractivity contribution in [2.75, 3.05) is 6.54 Å². The largest absolute Gasteiger partial charge is 0.504 e. The average Bonchev–Trinajstić information content (AvgIpc) is 3.01. The molecule has 2 aromatic carbocycles. The lowest BCUT2D eigenvalue weighted by Gasteiger charge is -2.19. The fourth-order valence-electron chi connectivity index (χ4n) is 3.45. The molecule has 0 saturated heterocycles. The van der Waals surface area contributed by atoms with E-state index in [1.807, 2.05) is 0 Å². The molecule has 2 heterocycles. The van der Waals surface area contributed by atoms with Crippen LogP contribution in [0.2, 0.25) is 0 Å². The topological polar surface area (TPSA) is 103 Å². The predicted molar refractivity (Wildman–Crippen MR) is 96.6 cm³/mol. The van der Waals surface area contributed by atoms with E-state index in [9.17, 15) is 14.7 Å². The third kappa shape index (κ3) is 3.13. The molecule has 138 valence electrons. The normalized spacial score (nSPS) is 13.9. The zero-order valence-electron chi connectivity index (χ0n) is 14.4. The van der Waals surface area contributed by atoms with E-state index in [1.165, 1.54) is 6.07 Å². The number of hydrogen-bond acceptors (Lipinski definition) is 5. The van der Waals surface area contributed by atoms with E-state index >= 15 is 0 Å². The number of para-hydroxylation sites is 1. The SMILES string of the molecule is O=C(NO)c1ccc2c(c1)CCCN(C(=O)c1cc3cccc(O)c3o1)C2. The summed E-state index contributed by atoms with van der Waals surface area (Å²) >= 11 is 0. The third-order valence-electron chi connectivity index (χ3n) is 4.83. The molecule has 3 N–H and O–H groups in total. The van der Waals surface area contributed by atoms with Gasteiger partial charge < -0.3 is 14.4 Å². The zero-order valence-corrected chi connectivity index (χ0v) is 14.4. The van der Waals surface area contributed by atoms with E-state index in [2.05, 4.69) is 0 Å². The highest BCUT2D eigenvalue weighted by Gasteiger charge is 2.24. The molecule has 0 saturated carbocycles. The lowest BCUT2D eigenvalue weighted by Crippen LogP contribution is -2.30. The van der Waals surface area contributed by atoms with Crippen LogP contribution in [-0.4, -0.2) is 33.6 Å². The molecular weight excluding hydrogens is 348 g/mol. The monoisotopic (exact) mass is 366 g/mol. The maximum absolute atomic E-state index is 12.9. The summed E-state index contributed by atoms with van der Waals surface area (Å²) < 4.78 is 5.59. The Labute approximate surface area is 154 Å². The standard InChI is InChI=1S/C20H18N2O5/c23-16-5-1-3-13-10-17(27-18(13)16)20(25)22-8-2-4-12-9-14(19(24)21-26)6-7-15(12)11-22/h1,3,5-7,9-10,23,26H,2,4,8,11H2,(H,21,24). The van der Waals surface area contributed by atoms with Crippen LogP contribution in [0.3, 0.4) is 0 Å². The minimum absolute atomic E-state index is 0.00227. The predicted octanol–water partition coefficient (Wildman–Crippen LogP) is 2.85. The zero-order chi connectivity index (χ0) is 19.0. The highest BCUT2D eigenvalue weighted by Crippen LogP contribution is 2.29. The fourth-order valence-corrected chi connectivity index (χ4v) is 3.45. The van der Waals surface area contributed by atoms with Crippen molar-refractivity contribution in [1.82, 2.24) is 10.4 Å². The molecule has 4 rings (SSSR count). The van der Waals surface area contributed by atoms with E-state index < -0.39 is 5.91 Å². The highest BCUT2D eigenvalue weighted by molar-refractivity contribution is 5.97. The Hall–Kier alpha value is -3.32. The molecule has 0 spiro atoms. The van der Waals surface area contributed by atoms with Gasteiger partial charge in [0, 0.05) is 24.0 Å². The van der Waals surface area contributed by atoms with Crippen molar-refractivity contribution in [2.45, 2.75) is 19.4 Å². The fraction of sp³-hybridized carbons (Fsp3) is 0.200. The number of nitrogens with zero attached hydrogens (tertiary/aromatic N) is 1. The summed E-state index contributed by atoms with van der Waals surface area (Å²) in [5, 5.41) is 19.3. The number of hydrogen-bond donors (Lipinski definition) is 3. The van der Waals surface area contributed by atoms with Crippen molar-refractivity contribution >= 4 is 22.8 Å². The number of phenolic OH excluding ortho intramolecular Hbond substituents is 1. The molecule has 2 amide bonds. The summed E-state index contributed by atoms with van der Waals surface area (Å²) in [6, 6.07) is 11.8. The first-order valence-electron chi connectivity index (χ1n) is 8.64. The van der Waals surface area contributed by atoms with Crippen LogP contribution in [-0.2, 0) is 13.0 Å². The second kappa shape index (κ2) is 6.77. The van der Waals surface area contributed by atoms with Crippen LogP contribution in [0, 0.1) is 0 Å². The van der Waals surface area contributed by atoms with Crippen LogP contribution < -0.4 is 5.48 Å². The molecule has 1 aromatic heterocycles. The number of aryl methyl sites for hydroxylation is 1. The lowest BCUT2D eigenvalue weighted by molar-refractivity contribution is 0.0702. The van der Waals surface area contributed by atoms with Crippen molar-refractivity contribution in [3.05, 3.63) is 64.9 Å². The number of amides is 2. The van der Waals surface area contributed by atoms with Gasteiger partial charge in [-0.15, -0.1) is 0 Å². The summed E-state index contributed by atoms with van der Waals surface area (Å²) in [5.41, 5.74) is 4.25. The van der Waals surface area contributed by atoms with Crippen LogP contribution in [0.25, 0.3) is 11.0 Å². The lowest BCUT2D eigenvalue weighted by atomic mass is 10.0. The van der Waals surface area contributed by atoms with E-state index in [0.29, 0.717) is 29.6 Å². The number of furan rings is 1. The van der Waals surface area contributed by atoms with Gasteiger partial charge in [0.1, 0.15) is 0 Å². The number of carbonyl (C=O) groups is 2. The number of hydroxylamine groups is 1. The molecule has 0 radical (unpaired) electrons. The molecule has 0 unspecified atom stereocenters. The van der Waals surface area contributed by atoms with Gasteiger partial charge in [0.15, 0.2) is 17.1 Å². The number of rotatable bonds is 2. The van der Waals surface area contributed by atoms with Crippen molar-refractivity contribution in [1.29, 1.82) is 0 Å². The van der Waals surface area contributed by atoms with E-state index in [4.69, 9.17) is 9.62 Å². The molecule has 7 heteroatoms. The van der Waals surface area contributed by atoms with Gasteiger partial charge in [-0.1, -0.05) is 18.2 Å². The molecule has 0 aliphatic carbocycles. The summed E-state index contributed by atoms with van der Waals surface area (Å²) in [7, 11) is 0.